The highest BCUT2D eigenvalue weighted by atomic mass is 16.5. The summed E-state index contributed by atoms with van der Waals surface area (Å²) in [6.45, 7) is 12.6. The van der Waals surface area contributed by atoms with Crippen molar-refractivity contribution in [2.75, 3.05) is 32.1 Å². The van der Waals surface area contributed by atoms with Crippen LogP contribution in [-0.2, 0) is 22.2 Å². The number of hydrogen-bond donors (Lipinski definition) is 2. The van der Waals surface area contributed by atoms with Crippen LogP contribution in [-0.4, -0.2) is 54.8 Å². The van der Waals surface area contributed by atoms with Gasteiger partial charge in [-0.25, -0.2) is 4.79 Å². The summed E-state index contributed by atoms with van der Waals surface area (Å²) in [7, 11) is 3.67. The Balaban J connectivity index is 1.93. The first-order valence-corrected chi connectivity index (χ1v) is 11.8. The minimum absolute atomic E-state index is 0.0189. The number of ether oxygens (including phenoxy) is 1. The molecular weight excluding hydrogens is 442 g/mol. The number of carboxylic acid groups (broad SMARTS) is 1. The van der Waals surface area contributed by atoms with Gasteiger partial charge in [0.25, 0.3) is 0 Å². The molecule has 0 aromatic heterocycles. The third kappa shape index (κ3) is 5.66. The highest BCUT2D eigenvalue weighted by molar-refractivity contribution is 6.06. The Bertz CT molecular complexity index is 1170. The van der Waals surface area contributed by atoms with E-state index >= 15 is 0 Å². The van der Waals surface area contributed by atoms with Crippen molar-refractivity contribution in [3.8, 4) is 5.75 Å². The third-order valence-electron chi connectivity index (χ3n) is 6.26. The maximum atomic E-state index is 13.5. The molecule has 2 aromatic rings. The van der Waals surface area contributed by atoms with E-state index in [9.17, 15) is 9.59 Å². The largest absolute Gasteiger partial charge is 0.479 e. The molecule has 1 heterocycles. The average molecular weight is 480 g/mol. The number of rotatable bonds is 7. The van der Waals surface area contributed by atoms with Gasteiger partial charge in [-0.1, -0.05) is 53.7 Å². The molecule has 1 aliphatic rings. The van der Waals surface area contributed by atoms with Crippen molar-refractivity contribution in [3.63, 3.8) is 0 Å². The molecule has 0 spiro atoms. The molecule has 0 bridgehead atoms. The van der Waals surface area contributed by atoms with Gasteiger partial charge in [0, 0.05) is 37.3 Å². The number of nitrogens with one attached hydrogen (secondary N) is 1. The average Bonchev–Trinajstić information content (AvgIpc) is 3.04. The predicted molar refractivity (Wildman–Crippen MR) is 139 cm³/mol. The first-order valence-electron chi connectivity index (χ1n) is 11.8. The number of amidine groups is 1. The minimum Gasteiger partial charge on any atom is -0.479 e. The maximum Gasteiger partial charge on any atom is 0.341 e. The van der Waals surface area contributed by atoms with Gasteiger partial charge in [0.05, 0.1) is 12.2 Å². The lowest BCUT2D eigenvalue weighted by Gasteiger charge is -2.28. The highest BCUT2D eigenvalue weighted by Crippen LogP contribution is 2.40. The van der Waals surface area contributed by atoms with Crippen molar-refractivity contribution >= 4 is 23.3 Å². The molecule has 2 aromatic carbocycles. The number of benzene rings is 2. The number of carbonyl (C=O) groups is 2. The SMILES string of the molecule is CN(C)c1cc(C(=O)CN2Cc3ccc(C(C)(C)C)cc3C2=N)cc(C(C)(C)C)c1OCC(=O)O. The molecular formula is C28H37N3O4. The van der Waals surface area contributed by atoms with Gasteiger partial charge in [-0.15, -0.1) is 0 Å². The number of Topliss-reactive ketones (excluding diaryl/α,β-unsaturated/α-hetero) is 1. The molecule has 0 fully saturated rings. The van der Waals surface area contributed by atoms with Crippen LogP contribution in [0, 0.1) is 5.41 Å². The number of anilines is 1. The van der Waals surface area contributed by atoms with Crippen molar-refractivity contribution in [1.29, 1.82) is 5.41 Å². The molecule has 35 heavy (non-hydrogen) atoms. The van der Waals surface area contributed by atoms with Crippen LogP contribution in [0.1, 0.15) is 74.2 Å². The Labute approximate surface area is 208 Å². The maximum absolute atomic E-state index is 13.5. The molecule has 0 saturated carbocycles. The van der Waals surface area contributed by atoms with Crippen molar-refractivity contribution in [3.05, 3.63) is 58.1 Å². The summed E-state index contributed by atoms with van der Waals surface area (Å²) in [5.41, 5.74) is 4.63. The molecule has 0 aliphatic carbocycles. The van der Waals surface area contributed by atoms with Crippen LogP contribution >= 0.6 is 0 Å². The second-order valence-corrected chi connectivity index (χ2v) is 11.4. The fraction of sp³-hybridized carbons (Fsp3) is 0.464. The Morgan fingerprint density at radius 2 is 1.71 bits per heavy atom. The lowest BCUT2D eigenvalue weighted by atomic mass is 9.84. The number of carboxylic acids is 1. The third-order valence-corrected chi connectivity index (χ3v) is 6.26. The molecule has 7 nitrogen and oxygen atoms in total. The zero-order chi connectivity index (χ0) is 26.3. The van der Waals surface area contributed by atoms with E-state index in [2.05, 4.69) is 39.0 Å². The molecule has 0 amide bonds. The smallest absolute Gasteiger partial charge is 0.341 e. The second-order valence-electron chi connectivity index (χ2n) is 11.4. The van der Waals surface area contributed by atoms with Crippen LogP contribution in [0.15, 0.2) is 30.3 Å². The van der Waals surface area contributed by atoms with Crippen LogP contribution in [0.2, 0.25) is 0 Å². The van der Waals surface area contributed by atoms with Crippen molar-refractivity contribution in [2.24, 2.45) is 0 Å². The quantitative estimate of drug-likeness (QED) is 0.552. The van der Waals surface area contributed by atoms with E-state index in [4.69, 9.17) is 15.3 Å². The van der Waals surface area contributed by atoms with Gasteiger partial charge in [0.1, 0.15) is 11.6 Å². The van der Waals surface area contributed by atoms with Crippen molar-refractivity contribution in [1.82, 2.24) is 4.90 Å². The number of fused-ring (bicyclic) bond motifs is 1. The van der Waals surface area contributed by atoms with Crippen molar-refractivity contribution < 1.29 is 19.4 Å². The fourth-order valence-electron chi connectivity index (χ4n) is 4.21. The van der Waals surface area contributed by atoms with Crippen molar-refractivity contribution in [2.45, 2.75) is 58.9 Å². The summed E-state index contributed by atoms with van der Waals surface area (Å²) in [4.78, 5) is 28.3. The van der Waals surface area contributed by atoms with Gasteiger partial charge in [-0.3, -0.25) is 10.2 Å². The van der Waals surface area contributed by atoms with Gasteiger partial charge in [0.2, 0.25) is 0 Å². The van der Waals surface area contributed by atoms with E-state index in [-0.39, 0.29) is 23.2 Å². The van der Waals surface area contributed by atoms with E-state index in [1.54, 1.807) is 17.0 Å². The normalized spacial score (nSPS) is 13.6. The van der Waals surface area contributed by atoms with Crippen LogP contribution < -0.4 is 9.64 Å². The zero-order valence-electron chi connectivity index (χ0n) is 22.1. The van der Waals surface area contributed by atoms with Gasteiger partial charge >= 0.3 is 5.97 Å². The molecule has 0 atom stereocenters. The van der Waals surface area contributed by atoms with E-state index in [0.717, 1.165) is 22.3 Å². The van der Waals surface area contributed by atoms with E-state index in [0.29, 0.717) is 29.4 Å². The monoisotopic (exact) mass is 479 g/mol. The Morgan fingerprint density at radius 3 is 2.26 bits per heavy atom. The Morgan fingerprint density at radius 1 is 1.06 bits per heavy atom. The lowest BCUT2D eigenvalue weighted by Crippen LogP contribution is -2.30. The summed E-state index contributed by atoms with van der Waals surface area (Å²) in [6.07, 6.45) is 0. The molecule has 1 aliphatic heterocycles. The summed E-state index contributed by atoms with van der Waals surface area (Å²) in [6, 6.07) is 9.78. The van der Waals surface area contributed by atoms with Gasteiger partial charge in [0.15, 0.2) is 12.4 Å². The first kappa shape index (κ1) is 26.3. The molecule has 0 saturated heterocycles. The summed E-state index contributed by atoms with van der Waals surface area (Å²) < 4.78 is 5.69. The molecule has 0 radical (unpaired) electrons. The minimum atomic E-state index is -1.06. The van der Waals surface area contributed by atoms with Crippen LogP contribution in [0.3, 0.4) is 0 Å². The predicted octanol–water partition coefficient (Wildman–Crippen LogP) is 4.83. The second kappa shape index (κ2) is 9.36. The van der Waals surface area contributed by atoms with E-state index < -0.39 is 12.6 Å². The molecule has 7 heteroatoms. The highest BCUT2D eigenvalue weighted by Gasteiger charge is 2.30. The molecule has 0 unspecified atom stereocenters. The lowest BCUT2D eigenvalue weighted by molar-refractivity contribution is -0.139. The summed E-state index contributed by atoms with van der Waals surface area (Å²) in [5.74, 6) is -0.323. The summed E-state index contributed by atoms with van der Waals surface area (Å²) >= 11 is 0. The fourth-order valence-corrected chi connectivity index (χ4v) is 4.21. The van der Waals surface area contributed by atoms with Crippen LogP contribution in [0.5, 0.6) is 5.75 Å². The topological polar surface area (TPSA) is 93.9 Å². The number of carbonyl (C=O) groups excluding carboxylic acids is 1. The zero-order valence-corrected chi connectivity index (χ0v) is 22.1. The van der Waals surface area contributed by atoms with Crippen LogP contribution in [0.4, 0.5) is 5.69 Å². The number of nitrogens with zero attached hydrogens (tertiary/aromatic N) is 2. The van der Waals surface area contributed by atoms with Gasteiger partial charge < -0.3 is 19.6 Å². The number of aliphatic carboxylic acids is 1. The standard InChI is InChI=1S/C28H37N3O4/c1-27(2,3)19-10-9-17-14-31(26(29)20(17)13-19)15-23(32)18-11-21(28(4,5)6)25(35-16-24(33)34)22(12-18)30(7)8/h9-13,29H,14-16H2,1-8H3,(H,33,34). The summed E-state index contributed by atoms with van der Waals surface area (Å²) in [5, 5.41) is 17.9. The van der Waals surface area contributed by atoms with Gasteiger partial charge in [-0.05, 0) is 40.2 Å². The van der Waals surface area contributed by atoms with Gasteiger partial charge in [-0.2, -0.15) is 0 Å². The molecule has 3 rings (SSSR count). The van der Waals surface area contributed by atoms with E-state index in [1.807, 2.05) is 39.8 Å². The number of hydrogen-bond acceptors (Lipinski definition) is 5. The van der Waals surface area contributed by atoms with Crippen LogP contribution in [0.25, 0.3) is 0 Å². The van der Waals surface area contributed by atoms with E-state index in [1.165, 1.54) is 0 Å². The molecule has 2 N–H and O–H groups in total. The number of ketones is 1. The first-order chi connectivity index (χ1) is 16.1. The molecule has 188 valence electrons. The Kier molecular flexibility index (Phi) is 7.02. The Hall–Kier alpha value is -3.35.